The van der Waals surface area contributed by atoms with E-state index >= 15 is 0 Å². The number of piperidine rings is 1. The summed E-state index contributed by atoms with van der Waals surface area (Å²) >= 11 is 14.3. The summed E-state index contributed by atoms with van der Waals surface area (Å²) in [5.74, 6) is 1.08. The molecule has 0 bridgehead atoms. The third-order valence-electron chi connectivity index (χ3n) is 5.77. The van der Waals surface area contributed by atoms with Crippen molar-refractivity contribution in [2.45, 2.75) is 25.3 Å². The highest BCUT2D eigenvalue weighted by molar-refractivity contribution is 7.18. The van der Waals surface area contributed by atoms with Gasteiger partial charge in [0.2, 0.25) is 5.91 Å². The van der Waals surface area contributed by atoms with Crippen LogP contribution in [0.2, 0.25) is 10.0 Å². The van der Waals surface area contributed by atoms with Gasteiger partial charge in [0.1, 0.15) is 5.01 Å². The lowest BCUT2D eigenvalue weighted by Crippen LogP contribution is -2.33. The van der Waals surface area contributed by atoms with Gasteiger partial charge in [-0.1, -0.05) is 29.3 Å². The summed E-state index contributed by atoms with van der Waals surface area (Å²) in [5.41, 5.74) is 3.46. The van der Waals surface area contributed by atoms with Gasteiger partial charge in [-0.15, -0.1) is 17.9 Å². The highest BCUT2D eigenvalue weighted by atomic mass is 35.5. The molecule has 1 aromatic carbocycles. The number of rotatable bonds is 6. The number of carbonyl (C=O) groups is 1. The number of hydrogen-bond acceptors (Lipinski definition) is 5. The first-order valence-corrected chi connectivity index (χ1v) is 12.4. The van der Waals surface area contributed by atoms with Crippen molar-refractivity contribution in [3.8, 4) is 32.5 Å². The molecule has 1 saturated heterocycles. The molecule has 9 heteroatoms. The van der Waals surface area contributed by atoms with Crippen LogP contribution in [0.15, 0.2) is 61.6 Å². The molecule has 4 heterocycles. The fourth-order valence-corrected chi connectivity index (χ4v) is 5.64. The zero-order valence-corrected chi connectivity index (χ0v) is 20.5. The van der Waals surface area contributed by atoms with Crippen LogP contribution in [0.3, 0.4) is 0 Å². The van der Waals surface area contributed by atoms with Crippen LogP contribution in [0.1, 0.15) is 24.5 Å². The Labute approximate surface area is 211 Å². The predicted octanol–water partition coefficient (Wildman–Crippen LogP) is 6.22. The molecule has 5 rings (SSSR count). The summed E-state index contributed by atoms with van der Waals surface area (Å²) in [6.45, 7) is 5.08. The number of imidazole rings is 1. The average molecular weight is 510 g/mol. The summed E-state index contributed by atoms with van der Waals surface area (Å²) in [4.78, 5) is 26.7. The highest BCUT2D eigenvalue weighted by Gasteiger charge is 2.24. The fraction of sp³-hybridized carbons (Fsp3) is 0.200. The number of halogens is 2. The lowest BCUT2D eigenvalue weighted by molar-refractivity contribution is -0.122. The molecular weight excluding hydrogens is 489 g/mol. The molecular formula is C25H21Cl2N5OS. The number of nitrogens with one attached hydrogen (secondary N) is 1. The first kappa shape index (κ1) is 22.8. The summed E-state index contributed by atoms with van der Waals surface area (Å²) in [7, 11) is 0. The Morgan fingerprint density at radius 3 is 2.85 bits per heavy atom. The summed E-state index contributed by atoms with van der Waals surface area (Å²) < 4.78 is 2.03. The summed E-state index contributed by atoms with van der Waals surface area (Å²) in [6, 6.07) is 9.44. The van der Waals surface area contributed by atoms with Gasteiger partial charge in [0.15, 0.2) is 5.82 Å². The maximum absolute atomic E-state index is 11.6. The molecule has 0 aliphatic carbocycles. The van der Waals surface area contributed by atoms with Crippen molar-refractivity contribution in [1.82, 2.24) is 24.8 Å². The zero-order chi connectivity index (χ0) is 23.7. The van der Waals surface area contributed by atoms with E-state index < -0.39 is 0 Å². The molecule has 0 saturated carbocycles. The van der Waals surface area contributed by atoms with E-state index in [1.165, 1.54) is 0 Å². The van der Waals surface area contributed by atoms with Gasteiger partial charge in [0, 0.05) is 65.9 Å². The maximum Gasteiger partial charge on any atom is 0.220 e. The SMILES string of the molecule is C=CCn1ccnc1-c1sc(-c2ccnc(C3CCC(=O)NC3)c2)nc1-c1ccc(Cl)cc1Cl. The standard InChI is InChI=1S/C25H21Cl2N5OS/c1-2-10-32-11-9-29-24(32)23-22(18-5-4-17(26)13-19(18)27)31-25(34-23)15-7-8-28-20(12-15)16-3-6-21(33)30-14-16/h2,4-5,7-9,11-13,16H,1,3,6,10,14H2,(H,30,33). The number of allylic oxidation sites excluding steroid dienone is 1. The topological polar surface area (TPSA) is 72.7 Å². The molecule has 172 valence electrons. The van der Waals surface area contributed by atoms with E-state index in [-0.39, 0.29) is 11.8 Å². The van der Waals surface area contributed by atoms with Crippen molar-refractivity contribution < 1.29 is 4.79 Å². The number of nitrogens with zero attached hydrogens (tertiary/aromatic N) is 4. The Hall–Kier alpha value is -3.00. The Balaban J connectivity index is 1.61. The molecule has 0 spiro atoms. The minimum absolute atomic E-state index is 0.0940. The van der Waals surface area contributed by atoms with Crippen molar-refractivity contribution >= 4 is 40.4 Å². The van der Waals surface area contributed by atoms with Gasteiger partial charge in [0.25, 0.3) is 0 Å². The molecule has 1 N–H and O–H groups in total. The van der Waals surface area contributed by atoms with Crippen LogP contribution in [0, 0.1) is 0 Å². The molecule has 4 aromatic rings. The molecule has 0 radical (unpaired) electrons. The van der Waals surface area contributed by atoms with Crippen molar-refractivity contribution in [3.63, 3.8) is 0 Å². The molecule has 1 fully saturated rings. The van der Waals surface area contributed by atoms with Gasteiger partial charge in [0.05, 0.1) is 15.6 Å². The molecule has 6 nitrogen and oxygen atoms in total. The second-order valence-electron chi connectivity index (χ2n) is 8.02. The number of carbonyl (C=O) groups excluding carboxylic acids is 1. The number of hydrogen-bond donors (Lipinski definition) is 1. The second-order valence-corrected chi connectivity index (χ2v) is 9.86. The highest BCUT2D eigenvalue weighted by Crippen LogP contribution is 2.43. The predicted molar refractivity (Wildman–Crippen MR) is 137 cm³/mol. The first-order valence-electron chi connectivity index (χ1n) is 10.8. The van der Waals surface area contributed by atoms with E-state index in [1.807, 2.05) is 35.0 Å². The van der Waals surface area contributed by atoms with Crippen molar-refractivity contribution in [2.24, 2.45) is 0 Å². The Kier molecular flexibility index (Phi) is 6.50. The third kappa shape index (κ3) is 4.51. The first-order chi connectivity index (χ1) is 16.5. The van der Waals surface area contributed by atoms with Crippen LogP contribution < -0.4 is 5.32 Å². The Bertz CT molecular complexity index is 1370. The number of benzene rings is 1. The van der Waals surface area contributed by atoms with Gasteiger partial charge in [-0.25, -0.2) is 9.97 Å². The van der Waals surface area contributed by atoms with E-state index in [4.69, 9.17) is 28.2 Å². The van der Waals surface area contributed by atoms with Gasteiger partial charge < -0.3 is 9.88 Å². The minimum Gasteiger partial charge on any atom is -0.355 e. The molecule has 1 atom stereocenters. The van der Waals surface area contributed by atoms with Crippen LogP contribution in [0.4, 0.5) is 0 Å². The van der Waals surface area contributed by atoms with Gasteiger partial charge in [-0.3, -0.25) is 9.78 Å². The van der Waals surface area contributed by atoms with E-state index in [0.717, 1.165) is 44.6 Å². The van der Waals surface area contributed by atoms with Gasteiger partial charge >= 0.3 is 0 Å². The minimum atomic E-state index is 0.0940. The molecule has 1 unspecified atom stereocenters. The Morgan fingerprint density at radius 1 is 1.21 bits per heavy atom. The number of pyridine rings is 1. The van der Waals surface area contributed by atoms with E-state index in [0.29, 0.717) is 29.6 Å². The smallest absolute Gasteiger partial charge is 0.220 e. The molecule has 1 aliphatic rings. The van der Waals surface area contributed by atoms with Crippen LogP contribution in [0.5, 0.6) is 0 Å². The third-order valence-corrected chi connectivity index (χ3v) is 7.42. The van der Waals surface area contributed by atoms with Crippen LogP contribution in [0.25, 0.3) is 32.5 Å². The monoisotopic (exact) mass is 509 g/mol. The van der Waals surface area contributed by atoms with E-state index in [1.54, 1.807) is 29.8 Å². The maximum atomic E-state index is 11.6. The van der Waals surface area contributed by atoms with Crippen molar-refractivity contribution in [2.75, 3.05) is 6.54 Å². The Morgan fingerprint density at radius 2 is 2.09 bits per heavy atom. The molecule has 1 aliphatic heterocycles. The van der Waals surface area contributed by atoms with E-state index in [2.05, 4.69) is 27.9 Å². The van der Waals surface area contributed by atoms with Crippen LogP contribution >= 0.6 is 34.5 Å². The van der Waals surface area contributed by atoms with Crippen molar-refractivity contribution in [1.29, 1.82) is 0 Å². The molecule has 3 aromatic heterocycles. The normalized spacial score (nSPS) is 15.8. The summed E-state index contributed by atoms with van der Waals surface area (Å²) in [5, 5.41) is 4.87. The molecule has 34 heavy (non-hydrogen) atoms. The van der Waals surface area contributed by atoms with Crippen LogP contribution in [-0.2, 0) is 11.3 Å². The average Bonchev–Trinajstić information content (AvgIpc) is 3.47. The summed E-state index contributed by atoms with van der Waals surface area (Å²) in [6.07, 6.45) is 8.63. The second kappa shape index (κ2) is 9.70. The van der Waals surface area contributed by atoms with Gasteiger partial charge in [-0.05, 0) is 36.8 Å². The van der Waals surface area contributed by atoms with Crippen molar-refractivity contribution in [3.05, 3.63) is 77.3 Å². The number of thiazole rings is 1. The lowest BCUT2D eigenvalue weighted by Gasteiger charge is -2.22. The molecule has 1 amide bonds. The fourth-order valence-electron chi connectivity index (χ4n) is 4.05. The lowest BCUT2D eigenvalue weighted by atomic mass is 9.94. The van der Waals surface area contributed by atoms with Gasteiger partial charge in [-0.2, -0.15) is 0 Å². The quantitative estimate of drug-likeness (QED) is 0.313. The van der Waals surface area contributed by atoms with E-state index in [9.17, 15) is 4.79 Å². The zero-order valence-electron chi connectivity index (χ0n) is 18.2. The number of aromatic nitrogens is 4. The largest absolute Gasteiger partial charge is 0.355 e. The van der Waals surface area contributed by atoms with Crippen LogP contribution in [-0.4, -0.2) is 32.0 Å². The number of amides is 1.